The summed E-state index contributed by atoms with van der Waals surface area (Å²) in [5, 5.41) is 4.25. The maximum Gasteiger partial charge on any atom is 0.243 e. The lowest BCUT2D eigenvalue weighted by molar-refractivity contribution is 0.270. The number of aryl methyl sites for hydroxylation is 3. The van der Waals surface area contributed by atoms with Gasteiger partial charge in [-0.1, -0.05) is 42.4 Å². The smallest absolute Gasteiger partial charge is 0.243 e. The van der Waals surface area contributed by atoms with Gasteiger partial charge in [-0.25, -0.2) is 8.42 Å². The summed E-state index contributed by atoms with van der Waals surface area (Å²) in [5.74, 6) is 1.44. The Bertz CT molecular complexity index is 1240. The van der Waals surface area contributed by atoms with E-state index in [1.54, 1.807) is 10.4 Å². The summed E-state index contributed by atoms with van der Waals surface area (Å²) >= 11 is 0. The van der Waals surface area contributed by atoms with Gasteiger partial charge in [0.2, 0.25) is 15.9 Å². The minimum Gasteiger partial charge on any atom is -0.339 e. The molecule has 0 radical (unpaired) electrons. The van der Waals surface area contributed by atoms with Crippen LogP contribution in [0.15, 0.2) is 51.9 Å². The Labute approximate surface area is 196 Å². The Morgan fingerprint density at radius 3 is 2.52 bits per heavy atom. The molecule has 1 atom stereocenters. The van der Waals surface area contributed by atoms with Crippen LogP contribution in [0.1, 0.15) is 78.4 Å². The second-order valence-electron chi connectivity index (χ2n) is 9.39. The lowest BCUT2D eigenvalue weighted by Crippen LogP contribution is -2.38. The van der Waals surface area contributed by atoms with Crippen molar-refractivity contribution in [1.82, 2.24) is 14.4 Å². The summed E-state index contributed by atoms with van der Waals surface area (Å²) in [5.41, 5.74) is 4.89. The monoisotopic (exact) mass is 465 g/mol. The molecular formula is C26H31N3O3S. The van der Waals surface area contributed by atoms with Crippen LogP contribution in [0.4, 0.5) is 0 Å². The van der Waals surface area contributed by atoms with Crippen LogP contribution < -0.4 is 0 Å². The molecule has 2 aromatic carbocycles. The van der Waals surface area contributed by atoms with Crippen molar-refractivity contribution in [3.63, 3.8) is 0 Å². The van der Waals surface area contributed by atoms with E-state index in [-0.39, 0.29) is 11.8 Å². The fraction of sp³-hybridized carbons (Fsp3) is 0.462. The molecule has 7 heteroatoms. The maximum atomic E-state index is 13.3. The van der Waals surface area contributed by atoms with Gasteiger partial charge >= 0.3 is 0 Å². The molecular weight excluding hydrogens is 434 g/mol. The summed E-state index contributed by atoms with van der Waals surface area (Å²) < 4.78 is 33.8. The highest BCUT2D eigenvalue weighted by atomic mass is 32.2. The first kappa shape index (κ1) is 22.3. The molecule has 2 heterocycles. The Balaban J connectivity index is 1.26. The summed E-state index contributed by atoms with van der Waals surface area (Å²) in [4.78, 5) is 5.12. The van der Waals surface area contributed by atoms with Crippen molar-refractivity contribution in [2.24, 2.45) is 0 Å². The third kappa shape index (κ3) is 4.36. The van der Waals surface area contributed by atoms with E-state index in [0.717, 1.165) is 19.3 Å². The molecule has 174 valence electrons. The van der Waals surface area contributed by atoms with Gasteiger partial charge in [0.15, 0.2) is 5.82 Å². The molecule has 1 aromatic heterocycles. The van der Waals surface area contributed by atoms with Crippen molar-refractivity contribution in [3.05, 3.63) is 76.4 Å². The average Bonchev–Trinajstić information content (AvgIpc) is 3.34. The summed E-state index contributed by atoms with van der Waals surface area (Å²) in [7, 11) is -3.48. The van der Waals surface area contributed by atoms with Crippen LogP contribution in [0.5, 0.6) is 0 Å². The van der Waals surface area contributed by atoms with Crippen molar-refractivity contribution in [1.29, 1.82) is 0 Å². The highest BCUT2D eigenvalue weighted by Gasteiger charge is 2.33. The van der Waals surface area contributed by atoms with Gasteiger partial charge in [-0.05, 0) is 79.8 Å². The fourth-order valence-electron chi connectivity index (χ4n) is 5.16. The van der Waals surface area contributed by atoms with Gasteiger partial charge in [-0.3, -0.25) is 0 Å². The lowest BCUT2D eigenvalue weighted by Gasteiger charge is -2.30. The van der Waals surface area contributed by atoms with E-state index in [1.807, 2.05) is 24.3 Å². The van der Waals surface area contributed by atoms with Crippen LogP contribution in [0.25, 0.3) is 0 Å². The minimum absolute atomic E-state index is 0.0492. The fourth-order valence-corrected chi connectivity index (χ4v) is 6.68. The number of fused-ring (bicyclic) bond motifs is 1. The number of piperidine rings is 1. The third-order valence-corrected chi connectivity index (χ3v) is 9.16. The first-order valence-corrected chi connectivity index (χ1v) is 13.4. The van der Waals surface area contributed by atoms with Gasteiger partial charge in [-0.2, -0.15) is 9.29 Å². The summed E-state index contributed by atoms with van der Waals surface area (Å²) in [6.07, 6.45) is 5.72. The Kier molecular flexibility index (Phi) is 6.10. The standard InChI is InChI=1S/C26H31N3O3S/c1-18-7-3-6-10-24(18)19(2)25-27-26(32-28-25)21-13-15-29(16-14-21)33(30,31)23-12-11-20-8-4-5-9-22(20)17-23/h3,6-7,10-12,17,19,21H,4-5,8-9,13-16H2,1-2H3/t19-/m1/s1. The minimum atomic E-state index is -3.48. The van der Waals surface area contributed by atoms with E-state index >= 15 is 0 Å². The molecule has 2 aliphatic rings. The molecule has 3 aromatic rings. The number of hydrogen-bond acceptors (Lipinski definition) is 5. The third-order valence-electron chi connectivity index (χ3n) is 7.26. The summed E-state index contributed by atoms with van der Waals surface area (Å²) in [6, 6.07) is 13.9. The van der Waals surface area contributed by atoms with E-state index in [9.17, 15) is 8.42 Å². The second-order valence-corrected chi connectivity index (χ2v) is 11.3. The van der Waals surface area contributed by atoms with Gasteiger partial charge in [-0.15, -0.1) is 0 Å². The zero-order chi connectivity index (χ0) is 23.0. The van der Waals surface area contributed by atoms with Crippen molar-refractivity contribution in [3.8, 4) is 0 Å². The van der Waals surface area contributed by atoms with E-state index < -0.39 is 10.0 Å². The molecule has 0 saturated carbocycles. The van der Waals surface area contributed by atoms with Crippen LogP contribution in [0.3, 0.4) is 0 Å². The molecule has 0 amide bonds. The number of hydrogen-bond donors (Lipinski definition) is 0. The van der Waals surface area contributed by atoms with Crippen LogP contribution in [-0.4, -0.2) is 36.0 Å². The largest absolute Gasteiger partial charge is 0.339 e. The zero-order valence-corrected chi connectivity index (χ0v) is 20.1. The molecule has 1 aliphatic heterocycles. The summed E-state index contributed by atoms with van der Waals surface area (Å²) in [6.45, 7) is 5.11. The molecule has 1 fully saturated rings. The second kappa shape index (κ2) is 9.03. The van der Waals surface area contributed by atoms with Crippen LogP contribution in [0.2, 0.25) is 0 Å². The van der Waals surface area contributed by atoms with Gasteiger partial charge in [0.05, 0.1) is 4.90 Å². The van der Waals surface area contributed by atoms with E-state index in [2.05, 4.69) is 31.1 Å². The van der Waals surface area contributed by atoms with Gasteiger partial charge in [0.25, 0.3) is 0 Å². The van der Waals surface area contributed by atoms with Crippen LogP contribution in [0, 0.1) is 6.92 Å². The van der Waals surface area contributed by atoms with Crippen molar-refractivity contribution in [2.45, 2.75) is 69.1 Å². The predicted molar refractivity (Wildman–Crippen MR) is 127 cm³/mol. The number of nitrogens with zero attached hydrogens (tertiary/aromatic N) is 3. The molecule has 0 spiro atoms. The Morgan fingerprint density at radius 2 is 1.76 bits per heavy atom. The number of benzene rings is 2. The molecule has 1 aliphatic carbocycles. The van der Waals surface area contributed by atoms with Gasteiger partial charge < -0.3 is 4.52 Å². The molecule has 0 N–H and O–H groups in total. The van der Waals surface area contributed by atoms with Crippen molar-refractivity contribution in [2.75, 3.05) is 13.1 Å². The Hall–Kier alpha value is -2.51. The van der Waals surface area contributed by atoms with E-state index in [0.29, 0.717) is 42.5 Å². The average molecular weight is 466 g/mol. The molecule has 33 heavy (non-hydrogen) atoms. The molecule has 6 nitrogen and oxygen atoms in total. The molecule has 0 bridgehead atoms. The topological polar surface area (TPSA) is 76.3 Å². The van der Waals surface area contributed by atoms with Crippen molar-refractivity contribution >= 4 is 10.0 Å². The van der Waals surface area contributed by atoms with Crippen molar-refractivity contribution < 1.29 is 12.9 Å². The van der Waals surface area contributed by atoms with Gasteiger partial charge in [0.1, 0.15) is 0 Å². The predicted octanol–water partition coefficient (Wildman–Crippen LogP) is 4.98. The van der Waals surface area contributed by atoms with Crippen LogP contribution >= 0.6 is 0 Å². The molecule has 0 unspecified atom stereocenters. The highest BCUT2D eigenvalue weighted by molar-refractivity contribution is 7.89. The first-order chi connectivity index (χ1) is 15.9. The number of sulfonamides is 1. The maximum absolute atomic E-state index is 13.3. The number of rotatable bonds is 5. The molecule has 1 saturated heterocycles. The first-order valence-electron chi connectivity index (χ1n) is 11.9. The van der Waals surface area contributed by atoms with E-state index in [4.69, 9.17) is 9.51 Å². The van der Waals surface area contributed by atoms with E-state index in [1.165, 1.54) is 28.7 Å². The van der Waals surface area contributed by atoms with Crippen LogP contribution in [-0.2, 0) is 22.9 Å². The SMILES string of the molecule is Cc1ccccc1[C@@H](C)c1noc(C2CCN(S(=O)(=O)c3ccc4c(c3)CCCC4)CC2)n1. The number of aromatic nitrogens is 2. The Morgan fingerprint density at radius 1 is 1.03 bits per heavy atom. The lowest BCUT2D eigenvalue weighted by atomic mass is 9.92. The zero-order valence-electron chi connectivity index (χ0n) is 19.3. The normalized spacial score (nSPS) is 18.7. The van der Waals surface area contributed by atoms with Gasteiger partial charge in [0, 0.05) is 24.9 Å². The highest BCUT2D eigenvalue weighted by Crippen LogP contribution is 2.33. The molecule has 5 rings (SSSR count). The quantitative estimate of drug-likeness (QED) is 0.531.